The van der Waals surface area contributed by atoms with Crippen LogP contribution < -0.4 is 14.8 Å². The average Bonchev–Trinajstić information content (AvgIpc) is 2.84. The van der Waals surface area contributed by atoms with Gasteiger partial charge in [0.25, 0.3) is 0 Å². The third kappa shape index (κ3) is 6.51. The van der Waals surface area contributed by atoms with Gasteiger partial charge in [-0.25, -0.2) is 0 Å². The van der Waals surface area contributed by atoms with E-state index in [2.05, 4.69) is 27.2 Å². The van der Waals surface area contributed by atoms with Gasteiger partial charge in [-0.05, 0) is 60.4 Å². The van der Waals surface area contributed by atoms with Crippen LogP contribution in [0.15, 0.2) is 78.9 Å². The van der Waals surface area contributed by atoms with Crippen molar-refractivity contribution in [2.24, 2.45) is 0 Å². The molecule has 0 aliphatic carbocycles. The number of hydrogen-bond acceptors (Lipinski definition) is 7. The molecule has 1 aromatic heterocycles. The summed E-state index contributed by atoms with van der Waals surface area (Å²) >= 11 is 0. The Morgan fingerprint density at radius 1 is 0.758 bits per heavy atom. The van der Waals surface area contributed by atoms with Crippen LogP contribution in [0.1, 0.15) is 30.9 Å². The summed E-state index contributed by atoms with van der Waals surface area (Å²) in [6.45, 7) is 2.12. The van der Waals surface area contributed by atoms with E-state index >= 15 is 0 Å². The van der Waals surface area contributed by atoms with E-state index in [-0.39, 0.29) is 24.6 Å². The van der Waals surface area contributed by atoms with E-state index < -0.39 is 0 Å². The molecule has 0 saturated carbocycles. The molecule has 0 bridgehead atoms. The zero-order valence-corrected chi connectivity index (χ0v) is 18.4. The molecular weight excluding hydrogens is 416 g/mol. The number of unbranched alkanes of at least 4 members (excludes halogenated alkanes) is 1. The monoisotopic (exact) mass is 442 g/mol. The summed E-state index contributed by atoms with van der Waals surface area (Å²) in [6.07, 6.45) is 3.35. The third-order valence-corrected chi connectivity index (χ3v) is 4.86. The molecule has 4 rings (SSSR count). The van der Waals surface area contributed by atoms with Gasteiger partial charge in [0.15, 0.2) is 0 Å². The van der Waals surface area contributed by atoms with Gasteiger partial charge < -0.3 is 19.9 Å². The maximum absolute atomic E-state index is 9.40. The summed E-state index contributed by atoms with van der Waals surface area (Å²) in [6, 6.07) is 24.7. The van der Waals surface area contributed by atoms with E-state index in [1.165, 1.54) is 5.56 Å². The van der Waals surface area contributed by atoms with Crippen LogP contribution in [0.3, 0.4) is 0 Å². The molecule has 0 unspecified atom stereocenters. The normalized spacial score (nSPS) is 10.6. The number of nitrogens with zero attached hydrogens (tertiary/aromatic N) is 3. The molecule has 7 heteroatoms. The number of aliphatic hydroxyl groups excluding tert-OH is 1. The number of ether oxygens (including phenoxy) is 2. The third-order valence-electron chi connectivity index (χ3n) is 4.86. The quantitative estimate of drug-likeness (QED) is 0.310. The lowest BCUT2D eigenvalue weighted by Gasteiger charge is -2.11. The summed E-state index contributed by atoms with van der Waals surface area (Å²) in [4.78, 5) is 13.1. The van der Waals surface area contributed by atoms with Crippen LogP contribution in [0.2, 0.25) is 0 Å². The van der Waals surface area contributed by atoms with Gasteiger partial charge >= 0.3 is 12.0 Å². The molecule has 0 radical (unpaired) electrons. The number of aromatic nitrogens is 3. The molecule has 4 aromatic rings. The number of anilines is 2. The van der Waals surface area contributed by atoms with Gasteiger partial charge in [0.05, 0.1) is 6.61 Å². The molecule has 0 aliphatic heterocycles. The minimum absolute atomic E-state index is 0.0578. The Morgan fingerprint density at radius 3 is 2.12 bits per heavy atom. The van der Waals surface area contributed by atoms with Crippen LogP contribution in [0.25, 0.3) is 0 Å². The van der Waals surface area contributed by atoms with E-state index in [0.717, 1.165) is 30.5 Å². The van der Waals surface area contributed by atoms with Gasteiger partial charge in [-0.3, -0.25) is 0 Å². The first-order valence-corrected chi connectivity index (χ1v) is 10.9. The fourth-order valence-electron chi connectivity index (χ4n) is 3.17. The maximum atomic E-state index is 9.40. The Labute approximate surface area is 193 Å². The first-order valence-electron chi connectivity index (χ1n) is 10.9. The zero-order chi connectivity index (χ0) is 22.9. The van der Waals surface area contributed by atoms with Crippen molar-refractivity contribution in [2.45, 2.75) is 32.8 Å². The largest absolute Gasteiger partial charge is 0.424 e. The fraction of sp³-hybridized carbons (Fsp3) is 0.192. The Kier molecular flexibility index (Phi) is 7.45. The van der Waals surface area contributed by atoms with E-state index in [4.69, 9.17) is 9.47 Å². The molecule has 1 heterocycles. The molecule has 168 valence electrons. The minimum atomic E-state index is -0.0578. The van der Waals surface area contributed by atoms with Gasteiger partial charge in [-0.15, -0.1) is 4.98 Å². The Bertz CT molecular complexity index is 1170. The van der Waals surface area contributed by atoms with Crippen LogP contribution in [-0.2, 0) is 13.0 Å². The highest BCUT2D eigenvalue weighted by Gasteiger charge is 2.12. The molecule has 0 atom stereocenters. The highest BCUT2D eigenvalue weighted by atomic mass is 16.5. The lowest BCUT2D eigenvalue weighted by atomic mass is 10.1. The Hall–Kier alpha value is -3.97. The van der Waals surface area contributed by atoms with Crippen LogP contribution in [0, 0.1) is 0 Å². The van der Waals surface area contributed by atoms with Gasteiger partial charge in [0.2, 0.25) is 5.95 Å². The number of benzene rings is 3. The van der Waals surface area contributed by atoms with Crippen LogP contribution >= 0.6 is 0 Å². The predicted octanol–water partition coefficient (Wildman–Crippen LogP) is 6.03. The standard InChI is InChI=1S/C26H26N4O3/c1-2-3-8-19-13-15-23(16-14-19)33-26-29-24(27-21-10-7-9-20(17-21)18-31)28-25(30-26)32-22-11-5-4-6-12-22/h4-7,9-17,31H,2-3,8,18H2,1H3,(H,27,28,29,30). The molecule has 0 amide bonds. The van der Waals surface area contributed by atoms with Crippen molar-refractivity contribution in [3.63, 3.8) is 0 Å². The van der Waals surface area contributed by atoms with Gasteiger partial charge in [-0.2, -0.15) is 9.97 Å². The molecule has 3 aromatic carbocycles. The van der Waals surface area contributed by atoms with E-state index in [1.807, 2.05) is 78.9 Å². The van der Waals surface area contributed by atoms with Gasteiger partial charge in [-0.1, -0.05) is 55.8 Å². The van der Waals surface area contributed by atoms with Crippen LogP contribution in [0.4, 0.5) is 11.6 Å². The second-order valence-electron chi connectivity index (χ2n) is 7.47. The fourth-order valence-corrected chi connectivity index (χ4v) is 3.17. The van der Waals surface area contributed by atoms with E-state index in [0.29, 0.717) is 11.5 Å². The lowest BCUT2D eigenvalue weighted by Crippen LogP contribution is -2.04. The van der Waals surface area contributed by atoms with Crippen molar-refractivity contribution >= 4 is 11.6 Å². The Morgan fingerprint density at radius 2 is 1.45 bits per heavy atom. The van der Waals surface area contributed by atoms with E-state index in [1.54, 1.807) is 0 Å². The van der Waals surface area contributed by atoms with Crippen molar-refractivity contribution in [3.05, 3.63) is 90.0 Å². The molecule has 0 spiro atoms. The van der Waals surface area contributed by atoms with E-state index in [9.17, 15) is 5.11 Å². The molecule has 33 heavy (non-hydrogen) atoms. The highest BCUT2D eigenvalue weighted by Crippen LogP contribution is 2.25. The number of aryl methyl sites for hydroxylation is 1. The van der Waals surface area contributed by atoms with Gasteiger partial charge in [0.1, 0.15) is 11.5 Å². The minimum Gasteiger partial charge on any atom is -0.424 e. The predicted molar refractivity (Wildman–Crippen MR) is 127 cm³/mol. The van der Waals surface area contributed by atoms with Crippen molar-refractivity contribution in [1.82, 2.24) is 15.0 Å². The van der Waals surface area contributed by atoms with Gasteiger partial charge in [0, 0.05) is 5.69 Å². The summed E-state index contributed by atoms with van der Waals surface area (Å²) in [5, 5.41) is 12.5. The molecule has 0 aliphatic rings. The Balaban J connectivity index is 1.59. The van der Waals surface area contributed by atoms with Crippen molar-refractivity contribution in [3.8, 4) is 23.5 Å². The molecule has 7 nitrogen and oxygen atoms in total. The average molecular weight is 443 g/mol. The first-order chi connectivity index (χ1) is 16.2. The molecular formula is C26H26N4O3. The number of para-hydroxylation sites is 1. The molecule has 0 fully saturated rings. The number of nitrogens with one attached hydrogen (secondary N) is 1. The second-order valence-corrected chi connectivity index (χ2v) is 7.47. The smallest absolute Gasteiger partial charge is 0.330 e. The maximum Gasteiger partial charge on any atom is 0.330 e. The van der Waals surface area contributed by atoms with Crippen LogP contribution in [-0.4, -0.2) is 20.1 Å². The summed E-state index contributed by atoms with van der Waals surface area (Å²) in [5.41, 5.74) is 2.76. The van der Waals surface area contributed by atoms with Crippen molar-refractivity contribution in [2.75, 3.05) is 5.32 Å². The number of aliphatic hydroxyl groups is 1. The zero-order valence-electron chi connectivity index (χ0n) is 18.4. The molecule has 2 N–H and O–H groups in total. The van der Waals surface area contributed by atoms with Crippen molar-refractivity contribution in [1.29, 1.82) is 0 Å². The summed E-state index contributed by atoms with van der Waals surface area (Å²) < 4.78 is 11.7. The highest BCUT2D eigenvalue weighted by molar-refractivity contribution is 5.54. The summed E-state index contributed by atoms with van der Waals surface area (Å²) in [7, 11) is 0. The lowest BCUT2D eigenvalue weighted by molar-refractivity contribution is 0.282. The van der Waals surface area contributed by atoms with Crippen molar-refractivity contribution < 1.29 is 14.6 Å². The first kappa shape index (κ1) is 22.2. The SMILES string of the molecule is CCCCc1ccc(Oc2nc(Nc3cccc(CO)c3)nc(Oc3ccccc3)n2)cc1. The molecule has 0 saturated heterocycles. The second kappa shape index (κ2) is 11.1. The number of rotatable bonds is 10. The summed E-state index contributed by atoms with van der Waals surface area (Å²) in [5.74, 6) is 1.49. The topological polar surface area (TPSA) is 89.4 Å². The number of hydrogen-bond donors (Lipinski definition) is 2. The van der Waals surface area contributed by atoms with Crippen LogP contribution in [0.5, 0.6) is 23.5 Å².